The van der Waals surface area contributed by atoms with E-state index in [1.165, 1.54) is 0 Å². The lowest BCUT2D eigenvalue weighted by atomic mass is 10.1. The maximum atomic E-state index is 11.1. The van der Waals surface area contributed by atoms with E-state index >= 15 is 0 Å². The van der Waals surface area contributed by atoms with Crippen LogP contribution in [-0.2, 0) is 19.0 Å². The summed E-state index contributed by atoms with van der Waals surface area (Å²) in [6, 6.07) is 0. The minimum absolute atomic E-state index is 0.202. The van der Waals surface area contributed by atoms with Crippen molar-refractivity contribution in [3.63, 3.8) is 0 Å². The molecule has 1 unspecified atom stereocenters. The SMILES string of the molecule is CCOC(=O)OC(=O)C1CCOC1. The molecule has 1 rings (SSSR count). The van der Waals surface area contributed by atoms with Gasteiger partial charge in [-0.3, -0.25) is 4.79 Å². The third kappa shape index (κ3) is 3.02. The van der Waals surface area contributed by atoms with E-state index in [0.717, 1.165) is 0 Å². The smallest absolute Gasteiger partial charge is 0.434 e. The second kappa shape index (κ2) is 4.81. The van der Waals surface area contributed by atoms with Crippen LogP contribution in [0.2, 0.25) is 0 Å². The van der Waals surface area contributed by atoms with Crippen LogP contribution >= 0.6 is 0 Å². The molecule has 0 N–H and O–H groups in total. The van der Waals surface area contributed by atoms with Gasteiger partial charge in [0.15, 0.2) is 0 Å². The highest BCUT2D eigenvalue weighted by atomic mass is 16.7. The van der Waals surface area contributed by atoms with Crippen molar-refractivity contribution < 1.29 is 23.8 Å². The van der Waals surface area contributed by atoms with Gasteiger partial charge in [-0.05, 0) is 13.3 Å². The van der Waals surface area contributed by atoms with Crippen LogP contribution in [0.4, 0.5) is 4.79 Å². The maximum absolute atomic E-state index is 11.1. The summed E-state index contributed by atoms with van der Waals surface area (Å²) in [5.41, 5.74) is 0. The Bertz CT molecular complexity index is 195. The third-order valence-electron chi connectivity index (χ3n) is 1.71. The molecule has 1 fully saturated rings. The zero-order valence-corrected chi connectivity index (χ0v) is 7.45. The van der Waals surface area contributed by atoms with E-state index in [2.05, 4.69) is 9.47 Å². The zero-order valence-electron chi connectivity index (χ0n) is 7.45. The Morgan fingerprint density at radius 3 is 2.85 bits per heavy atom. The van der Waals surface area contributed by atoms with Gasteiger partial charge in [0, 0.05) is 6.61 Å². The Morgan fingerprint density at radius 2 is 2.31 bits per heavy atom. The second-order valence-corrected chi connectivity index (χ2v) is 2.66. The van der Waals surface area contributed by atoms with E-state index in [4.69, 9.17) is 4.74 Å². The van der Waals surface area contributed by atoms with E-state index in [9.17, 15) is 9.59 Å². The van der Waals surface area contributed by atoms with Crippen molar-refractivity contribution in [2.24, 2.45) is 5.92 Å². The summed E-state index contributed by atoms with van der Waals surface area (Å²) in [6.45, 7) is 2.72. The molecule has 0 saturated carbocycles. The van der Waals surface area contributed by atoms with Gasteiger partial charge in [-0.2, -0.15) is 0 Å². The minimum Gasteiger partial charge on any atom is -0.434 e. The molecule has 0 amide bonds. The van der Waals surface area contributed by atoms with Crippen molar-refractivity contribution in [2.75, 3.05) is 19.8 Å². The van der Waals surface area contributed by atoms with Gasteiger partial charge in [0.2, 0.25) is 0 Å². The predicted octanol–water partition coefficient (Wildman–Crippen LogP) is 0.723. The van der Waals surface area contributed by atoms with Crippen LogP contribution in [0, 0.1) is 5.92 Å². The first kappa shape index (κ1) is 9.98. The highest BCUT2D eigenvalue weighted by Gasteiger charge is 2.27. The van der Waals surface area contributed by atoms with Gasteiger partial charge < -0.3 is 14.2 Å². The van der Waals surface area contributed by atoms with Crippen molar-refractivity contribution in [2.45, 2.75) is 13.3 Å². The molecule has 0 radical (unpaired) electrons. The summed E-state index contributed by atoms with van der Waals surface area (Å²) < 4.78 is 13.8. The van der Waals surface area contributed by atoms with E-state index in [-0.39, 0.29) is 12.5 Å². The molecule has 5 heteroatoms. The Morgan fingerprint density at radius 1 is 1.54 bits per heavy atom. The van der Waals surface area contributed by atoms with E-state index in [1.807, 2.05) is 0 Å². The molecule has 1 aliphatic heterocycles. The van der Waals surface area contributed by atoms with Crippen molar-refractivity contribution >= 4 is 12.1 Å². The molecule has 0 aromatic rings. The molecule has 0 aromatic heterocycles. The van der Waals surface area contributed by atoms with Crippen LogP contribution in [0.3, 0.4) is 0 Å². The van der Waals surface area contributed by atoms with E-state index in [0.29, 0.717) is 19.6 Å². The topological polar surface area (TPSA) is 61.8 Å². The van der Waals surface area contributed by atoms with Crippen molar-refractivity contribution in [3.8, 4) is 0 Å². The Balaban J connectivity index is 2.27. The van der Waals surface area contributed by atoms with Crippen LogP contribution in [0.25, 0.3) is 0 Å². The highest BCUT2D eigenvalue weighted by molar-refractivity contribution is 5.83. The third-order valence-corrected chi connectivity index (χ3v) is 1.71. The van der Waals surface area contributed by atoms with Crippen LogP contribution in [0.1, 0.15) is 13.3 Å². The number of hydrogen-bond acceptors (Lipinski definition) is 5. The summed E-state index contributed by atoms with van der Waals surface area (Å²) >= 11 is 0. The summed E-state index contributed by atoms with van der Waals surface area (Å²) in [4.78, 5) is 21.8. The summed E-state index contributed by atoms with van der Waals surface area (Å²) in [5.74, 6) is -0.875. The first-order chi connectivity index (χ1) is 6.24. The zero-order chi connectivity index (χ0) is 9.68. The Labute approximate surface area is 76.0 Å². The number of hydrogen-bond donors (Lipinski definition) is 0. The summed E-state index contributed by atoms with van der Waals surface area (Å²) in [7, 11) is 0. The van der Waals surface area contributed by atoms with E-state index in [1.54, 1.807) is 6.92 Å². The van der Waals surface area contributed by atoms with Crippen LogP contribution < -0.4 is 0 Å². The van der Waals surface area contributed by atoms with Gasteiger partial charge in [-0.15, -0.1) is 0 Å². The lowest BCUT2D eigenvalue weighted by molar-refractivity contribution is -0.144. The standard InChI is InChI=1S/C8H12O5/c1-2-12-8(10)13-7(9)6-3-4-11-5-6/h6H,2-5H2,1H3. The first-order valence-electron chi connectivity index (χ1n) is 4.20. The molecule has 1 aliphatic rings. The van der Waals surface area contributed by atoms with Crippen LogP contribution in [0.5, 0.6) is 0 Å². The number of carbonyl (C=O) groups is 2. The average molecular weight is 188 g/mol. The Hall–Kier alpha value is -1.10. The quantitative estimate of drug-likeness (QED) is 0.472. The van der Waals surface area contributed by atoms with Crippen LogP contribution in [-0.4, -0.2) is 31.9 Å². The highest BCUT2D eigenvalue weighted by Crippen LogP contribution is 2.13. The van der Waals surface area contributed by atoms with Gasteiger partial charge in [0.1, 0.15) is 0 Å². The van der Waals surface area contributed by atoms with Crippen molar-refractivity contribution in [1.82, 2.24) is 0 Å². The normalized spacial score (nSPS) is 21.2. The fourth-order valence-corrected chi connectivity index (χ4v) is 1.03. The second-order valence-electron chi connectivity index (χ2n) is 2.66. The maximum Gasteiger partial charge on any atom is 0.516 e. The molecule has 1 saturated heterocycles. The number of rotatable bonds is 2. The molecule has 0 aliphatic carbocycles. The molecule has 1 atom stereocenters. The molecule has 13 heavy (non-hydrogen) atoms. The lowest BCUT2D eigenvalue weighted by Gasteiger charge is -2.05. The van der Waals surface area contributed by atoms with E-state index < -0.39 is 12.1 Å². The van der Waals surface area contributed by atoms with Crippen molar-refractivity contribution in [1.29, 1.82) is 0 Å². The lowest BCUT2D eigenvalue weighted by Crippen LogP contribution is -2.21. The first-order valence-corrected chi connectivity index (χ1v) is 4.20. The van der Waals surface area contributed by atoms with Crippen molar-refractivity contribution in [3.05, 3.63) is 0 Å². The monoisotopic (exact) mass is 188 g/mol. The largest absolute Gasteiger partial charge is 0.516 e. The van der Waals surface area contributed by atoms with Gasteiger partial charge in [0.05, 0.1) is 19.1 Å². The summed E-state index contributed by atoms with van der Waals surface area (Å²) in [6.07, 6.45) is -0.322. The molecular formula is C8H12O5. The van der Waals surface area contributed by atoms with Gasteiger partial charge in [-0.1, -0.05) is 0 Å². The van der Waals surface area contributed by atoms with Gasteiger partial charge in [-0.25, -0.2) is 4.79 Å². The van der Waals surface area contributed by atoms with Gasteiger partial charge in [0.25, 0.3) is 0 Å². The number of esters is 1. The van der Waals surface area contributed by atoms with Gasteiger partial charge >= 0.3 is 12.1 Å². The molecule has 5 nitrogen and oxygen atoms in total. The fraction of sp³-hybridized carbons (Fsp3) is 0.750. The predicted molar refractivity (Wildman–Crippen MR) is 42.0 cm³/mol. The molecular weight excluding hydrogens is 176 g/mol. The van der Waals surface area contributed by atoms with Crippen LogP contribution in [0.15, 0.2) is 0 Å². The molecule has 0 spiro atoms. The fourth-order valence-electron chi connectivity index (χ4n) is 1.03. The number of ether oxygens (including phenoxy) is 3. The molecule has 74 valence electrons. The number of carbonyl (C=O) groups excluding carboxylic acids is 2. The average Bonchev–Trinajstić information content (AvgIpc) is 2.55. The summed E-state index contributed by atoms with van der Waals surface area (Å²) in [5, 5.41) is 0. The molecule has 1 heterocycles. The minimum atomic E-state index is -0.931. The molecule has 0 bridgehead atoms. The Kier molecular flexibility index (Phi) is 3.70. The molecule has 0 aromatic carbocycles.